The van der Waals surface area contributed by atoms with Crippen molar-refractivity contribution < 1.29 is 4.52 Å². The number of thiol groups is 1. The number of halogens is 1. The lowest BCUT2D eigenvalue weighted by molar-refractivity contribution is 0.446. The summed E-state index contributed by atoms with van der Waals surface area (Å²) in [6.45, 7) is 4.36. The summed E-state index contributed by atoms with van der Waals surface area (Å²) in [7, 11) is 0. The highest BCUT2D eigenvalue weighted by Crippen LogP contribution is 2.31. The van der Waals surface area contributed by atoms with Crippen LogP contribution in [-0.4, -0.2) is 10.9 Å². The molecule has 86 valence electrons. The zero-order chi connectivity index (χ0) is 11.7. The number of benzene rings is 1. The molecule has 1 aromatic carbocycles. The summed E-state index contributed by atoms with van der Waals surface area (Å²) in [4.78, 5) is 0. The van der Waals surface area contributed by atoms with Crippen LogP contribution in [0.5, 0.6) is 0 Å². The number of aryl methyl sites for hydroxylation is 1. The van der Waals surface area contributed by atoms with Gasteiger partial charge in [0.1, 0.15) is 0 Å². The molecular formula is C12H14BrNOS. The van der Waals surface area contributed by atoms with Gasteiger partial charge in [-0.25, -0.2) is 0 Å². The highest BCUT2D eigenvalue weighted by Gasteiger charge is 2.13. The lowest BCUT2D eigenvalue weighted by Gasteiger charge is -2.06. The van der Waals surface area contributed by atoms with Gasteiger partial charge in [-0.2, -0.15) is 12.6 Å². The summed E-state index contributed by atoms with van der Waals surface area (Å²) in [5.74, 6) is 1.28. The number of rotatable bonds is 3. The quantitative estimate of drug-likeness (QED) is 0.860. The maximum absolute atomic E-state index is 5.34. The van der Waals surface area contributed by atoms with Gasteiger partial charge in [-0.3, -0.25) is 0 Å². The minimum atomic E-state index is 0.499. The number of hydrogen-bond donors (Lipinski definition) is 1. The van der Waals surface area contributed by atoms with Gasteiger partial charge in [0.15, 0.2) is 5.58 Å². The summed E-state index contributed by atoms with van der Waals surface area (Å²) >= 11 is 7.76. The predicted molar refractivity (Wildman–Crippen MR) is 73.4 cm³/mol. The van der Waals surface area contributed by atoms with E-state index in [1.165, 1.54) is 5.56 Å². The number of nitrogens with zero attached hydrogens (tertiary/aromatic N) is 1. The SMILES string of the molecule is CC(C)c1cc(Br)c2onc(CCS)c2c1. The first-order valence-corrected chi connectivity index (χ1v) is 6.74. The van der Waals surface area contributed by atoms with Gasteiger partial charge in [0.25, 0.3) is 0 Å². The zero-order valence-electron chi connectivity index (χ0n) is 9.33. The zero-order valence-corrected chi connectivity index (χ0v) is 11.8. The highest BCUT2D eigenvalue weighted by atomic mass is 79.9. The molecule has 0 atom stereocenters. The second kappa shape index (κ2) is 4.80. The molecule has 0 saturated carbocycles. The number of aromatic nitrogens is 1. The summed E-state index contributed by atoms with van der Waals surface area (Å²) in [5.41, 5.74) is 3.12. The summed E-state index contributed by atoms with van der Waals surface area (Å²) < 4.78 is 6.31. The van der Waals surface area contributed by atoms with E-state index in [2.05, 4.69) is 59.7 Å². The van der Waals surface area contributed by atoms with Gasteiger partial charge in [-0.05, 0) is 45.3 Å². The fourth-order valence-corrected chi connectivity index (χ4v) is 2.45. The van der Waals surface area contributed by atoms with E-state index < -0.39 is 0 Å². The molecule has 0 spiro atoms. The standard InChI is InChI=1S/C12H14BrNOS/c1-7(2)8-5-9-11(3-4-16)14-15-12(9)10(13)6-8/h5-7,16H,3-4H2,1-2H3. The molecule has 2 rings (SSSR count). The van der Waals surface area contributed by atoms with Crippen molar-refractivity contribution in [2.24, 2.45) is 0 Å². The molecule has 0 N–H and O–H groups in total. The minimum Gasteiger partial charge on any atom is -0.355 e. The van der Waals surface area contributed by atoms with Crippen LogP contribution in [-0.2, 0) is 6.42 Å². The number of fused-ring (bicyclic) bond motifs is 1. The largest absolute Gasteiger partial charge is 0.355 e. The van der Waals surface area contributed by atoms with Gasteiger partial charge in [0, 0.05) is 11.8 Å². The van der Waals surface area contributed by atoms with Gasteiger partial charge in [-0.15, -0.1) is 0 Å². The van der Waals surface area contributed by atoms with Crippen LogP contribution in [0.2, 0.25) is 0 Å². The molecular weight excluding hydrogens is 286 g/mol. The van der Waals surface area contributed by atoms with E-state index in [9.17, 15) is 0 Å². The molecule has 2 aromatic rings. The van der Waals surface area contributed by atoms with E-state index in [4.69, 9.17) is 4.52 Å². The Hall–Kier alpha value is -0.480. The number of hydrogen-bond acceptors (Lipinski definition) is 3. The van der Waals surface area contributed by atoms with Crippen molar-refractivity contribution in [2.75, 3.05) is 5.75 Å². The van der Waals surface area contributed by atoms with Crippen molar-refractivity contribution >= 4 is 39.5 Å². The first kappa shape index (κ1) is 12.0. The molecule has 0 bridgehead atoms. The fraction of sp³-hybridized carbons (Fsp3) is 0.417. The minimum absolute atomic E-state index is 0.499. The van der Waals surface area contributed by atoms with Crippen molar-refractivity contribution in [2.45, 2.75) is 26.2 Å². The maximum Gasteiger partial charge on any atom is 0.181 e. The molecule has 0 unspecified atom stereocenters. The normalized spacial score (nSPS) is 11.6. The molecule has 0 aliphatic carbocycles. The van der Waals surface area contributed by atoms with E-state index in [0.29, 0.717) is 5.92 Å². The Morgan fingerprint density at radius 2 is 2.19 bits per heavy atom. The maximum atomic E-state index is 5.34. The third-order valence-corrected chi connectivity index (χ3v) is 3.45. The van der Waals surface area contributed by atoms with Crippen LogP contribution in [0.15, 0.2) is 21.1 Å². The van der Waals surface area contributed by atoms with Gasteiger partial charge in [0.05, 0.1) is 10.2 Å². The molecule has 16 heavy (non-hydrogen) atoms. The summed E-state index contributed by atoms with van der Waals surface area (Å²) in [5, 5.41) is 5.20. The third kappa shape index (κ3) is 2.13. The molecule has 0 aliphatic rings. The molecule has 0 amide bonds. The Kier molecular flexibility index (Phi) is 3.60. The summed E-state index contributed by atoms with van der Waals surface area (Å²) in [6.07, 6.45) is 0.837. The van der Waals surface area contributed by atoms with Crippen LogP contribution in [0.1, 0.15) is 31.0 Å². The summed E-state index contributed by atoms with van der Waals surface area (Å²) in [6, 6.07) is 4.27. The van der Waals surface area contributed by atoms with Crippen LogP contribution in [0.4, 0.5) is 0 Å². The lowest BCUT2D eigenvalue weighted by atomic mass is 10.0. The van der Waals surface area contributed by atoms with Gasteiger partial charge >= 0.3 is 0 Å². The van der Waals surface area contributed by atoms with E-state index in [-0.39, 0.29) is 0 Å². The van der Waals surface area contributed by atoms with Gasteiger partial charge in [0.2, 0.25) is 0 Å². The van der Waals surface area contributed by atoms with Gasteiger partial charge in [-0.1, -0.05) is 19.0 Å². The molecule has 0 aliphatic heterocycles. The fourth-order valence-electron chi connectivity index (χ4n) is 1.69. The monoisotopic (exact) mass is 299 g/mol. The molecule has 4 heteroatoms. The Bertz CT molecular complexity index is 507. The van der Waals surface area contributed by atoms with Crippen LogP contribution in [0.25, 0.3) is 11.0 Å². The van der Waals surface area contributed by atoms with Crippen molar-refractivity contribution in [3.63, 3.8) is 0 Å². The highest BCUT2D eigenvalue weighted by molar-refractivity contribution is 9.10. The first-order chi connectivity index (χ1) is 7.63. The average Bonchev–Trinajstić information content (AvgIpc) is 2.63. The van der Waals surface area contributed by atoms with Crippen LogP contribution in [0.3, 0.4) is 0 Å². The Morgan fingerprint density at radius 3 is 2.81 bits per heavy atom. The molecule has 2 nitrogen and oxygen atoms in total. The van der Waals surface area contributed by atoms with Crippen LogP contribution >= 0.6 is 28.6 Å². The average molecular weight is 300 g/mol. The first-order valence-electron chi connectivity index (χ1n) is 5.32. The second-order valence-electron chi connectivity index (χ2n) is 4.14. The lowest BCUT2D eigenvalue weighted by Crippen LogP contribution is -1.90. The Balaban J connectivity index is 2.61. The molecule has 1 heterocycles. The third-order valence-electron chi connectivity index (χ3n) is 2.64. The van der Waals surface area contributed by atoms with Crippen molar-refractivity contribution in [3.8, 4) is 0 Å². The smallest absolute Gasteiger partial charge is 0.181 e. The Labute approximate surface area is 109 Å². The topological polar surface area (TPSA) is 26.0 Å². The van der Waals surface area contributed by atoms with Crippen molar-refractivity contribution in [3.05, 3.63) is 27.9 Å². The van der Waals surface area contributed by atoms with E-state index in [1.807, 2.05) is 0 Å². The van der Waals surface area contributed by atoms with Gasteiger partial charge < -0.3 is 4.52 Å². The van der Waals surface area contributed by atoms with E-state index >= 15 is 0 Å². The van der Waals surface area contributed by atoms with E-state index in [1.54, 1.807) is 0 Å². The predicted octanol–water partition coefficient (Wildman–Crippen LogP) is 4.19. The molecule has 0 radical (unpaired) electrons. The van der Waals surface area contributed by atoms with Crippen LogP contribution in [0, 0.1) is 0 Å². The molecule has 0 saturated heterocycles. The van der Waals surface area contributed by atoms with Crippen molar-refractivity contribution in [1.82, 2.24) is 5.16 Å². The second-order valence-corrected chi connectivity index (χ2v) is 5.44. The van der Waals surface area contributed by atoms with Crippen LogP contribution < -0.4 is 0 Å². The van der Waals surface area contributed by atoms with Crippen molar-refractivity contribution in [1.29, 1.82) is 0 Å². The van der Waals surface area contributed by atoms with E-state index in [0.717, 1.165) is 33.3 Å². The molecule has 1 aromatic heterocycles. The molecule has 0 fully saturated rings. The Morgan fingerprint density at radius 1 is 1.44 bits per heavy atom.